The lowest BCUT2D eigenvalue weighted by atomic mass is 10.1. The van der Waals surface area contributed by atoms with Crippen LogP contribution in [0.15, 0.2) is 47.5 Å². The van der Waals surface area contributed by atoms with Crippen molar-refractivity contribution in [3.05, 3.63) is 59.3 Å². The summed E-state index contributed by atoms with van der Waals surface area (Å²) < 4.78 is 33.9. The van der Waals surface area contributed by atoms with Crippen molar-refractivity contribution in [3.63, 3.8) is 0 Å². The predicted molar refractivity (Wildman–Crippen MR) is 99.8 cm³/mol. The van der Waals surface area contributed by atoms with Crippen LogP contribution in [0.1, 0.15) is 16.7 Å². The van der Waals surface area contributed by atoms with Crippen LogP contribution in [-0.2, 0) is 10.0 Å². The fourth-order valence-corrected chi connectivity index (χ4v) is 4.54. The van der Waals surface area contributed by atoms with Gasteiger partial charge in [-0.3, -0.25) is 9.71 Å². The van der Waals surface area contributed by atoms with Crippen LogP contribution in [0, 0.1) is 20.8 Å². The van der Waals surface area contributed by atoms with Crippen LogP contribution in [0.2, 0.25) is 0 Å². The highest BCUT2D eigenvalue weighted by Crippen LogP contribution is 2.31. The topological polar surface area (TPSA) is 68.3 Å². The van der Waals surface area contributed by atoms with Gasteiger partial charge in [-0.05, 0) is 55.7 Å². The first-order valence-electron chi connectivity index (χ1n) is 7.86. The van der Waals surface area contributed by atoms with Crippen LogP contribution >= 0.6 is 0 Å². The van der Waals surface area contributed by atoms with Gasteiger partial charge in [0.15, 0.2) is 0 Å². The second-order valence-electron chi connectivity index (χ2n) is 6.00. The summed E-state index contributed by atoms with van der Waals surface area (Å²) in [5.41, 5.74) is 3.38. The summed E-state index contributed by atoms with van der Waals surface area (Å²) in [6.45, 7) is 5.41. The lowest BCUT2D eigenvalue weighted by Gasteiger charge is -2.17. The summed E-state index contributed by atoms with van der Waals surface area (Å²) in [5.74, 6) is 0.682. The number of methoxy groups -OCH3 is 1. The first-order chi connectivity index (χ1) is 11.8. The van der Waals surface area contributed by atoms with Crippen LogP contribution in [0.25, 0.3) is 10.9 Å². The molecule has 1 N–H and O–H groups in total. The van der Waals surface area contributed by atoms with Gasteiger partial charge in [0.25, 0.3) is 10.0 Å². The van der Waals surface area contributed by atoms with Crippen molar-refractivity contribution in [1.82, 2.24) is 4.98 Å². The molecular weight excluding hydrogens is 336 g/mol. The monoisotopic (exact) mass is 356 g/mol. The van der Waals surface area contributed by atoms with Gasteiger partial charge in [0.1, 0.15) is 5.75 Å². The van der Waals surface area contributed by atoms with E-state index in [4.69, 9.17) is 4.74 Å². The van der Waals surface area contributed by atoms with E-state index in [9.17, 15) is 8.42 Å². The van der Waals surface area contributed by atoms with Crippen molar-refractivity contribution >= 4 is 26.6 Å². The molecule has 0 unspecified atom stereocenters. The summed E-state index contributed by atoms with van der Waals surface area (Å²) >= 11 is 0. The number of aromatic nitrogens is 1. The Balaban J connectivity index is 2.06. The average Bonchev–Trinajstić information content (AvgIpc) is 2.57. The fourth-order valence-electron chi connectivity index (χ4n) is 2.98. The van der Waals surface area contributed by atoms with Crippen molar-refractivity contribution in [2.75, 3.05) is 11.8 Å². The van der Waals surface area contributed by atoms with Crippen LogP contribution in [0.4, 0.5) is 5.69 Å². The third-order valence-corrected chi connectivity index (χ3v) is 5.98. The number of benzene rings is 2. The van der Waals surface area contributed by atoms with E-state index < -0.39 is 10.0 Å². The normalized spacial score (nSPS) is 11.5. The maximum Gasteiger partial charge on any atom is 0.262 e. The van der Waals surface area contributed by atoms with Gasteiger partial charge < -0.3 is 4.74 Å². The highest BCUT2D eigenvalue weighted by molar-refractivity contribution is 7.92. The maximum atomic E-state index is 13.0. The van der Waals surface area contributed by atoms with E-state index in [1.165, 1.54) is 6.20 Å². The highest BCUT2D eigenvalue weighted by atomic mass is 32.2. The molecule has 25 heavy (non-hydrogen) atoms. The number of nitrogens with zero attached hydrogens (tertiary/aromatic N) is 1. The number of ether oxygens (including phenoxy) is 1. The van der Waals surface area contributed by atoms with E-state index >= 15 is 0 Å². The quantitative estimate of drug-likeness (QED) is 0.768. The Bertz CT molecular complexity index is 1060. The minimum atomic E-state index is -3.74. The molecule has 0 aliphatic heterocycles. The average molecular weight is 356 g/mol. The van der Waals surface area contributed by atoms with Gasteiger partial charge >= 0.3 is 0 Å². The van der Waals surface area contributed by atoms with E-state index in [0.29, 0.717) is 22.6 Å². The second kappa shape index (κ2) is 6.37. The van der Waals surface area contributed by atoms with Crippen molar-refractivity contribution in [1.29, 1.82) is 0 Å². The third kappa shape index (κ3) is 3.17. The summed E-state index contributed by atoms with van der Waals surface area (Å²) in [6.07, 6.45) is 1.53. The fraction of sp³-hybridized carbons (Fsp3) is 0.211. The van der Waals surface area contributed by atoms with E-state index in [-0.39, 0.29) is 4.90 Å². The SMILES string of the molecule is COc1cc(C)c(S(=O)(=O)Nc2cnc3ccccc3c2)c(C)c1C. The zero-order chi connectivity index (χ0) is 18.2. The molecule has 5 nitrogen and oxygen atoms in total. The Labute approximate surface area is 147 Å². The predicted octanol–water partition coefficient (Wildman–Crippen LogP) is 3.97. The number of hydrogen-bond acceptors (Lipinski definition) is 4. The number of para-hydroxylation sites is 1. The molecule has 0 atom stereocenters. The molecular formula is C19H20N2O3S. The highest BCUT2D eigenvalue weighted by Gasteiger charge is 2.23. The summed E-state index contributed by atoms with van der Waals surface area (Å²) in [7, 11) is -2.16. The molecule has 3 aromatic rings. The molecule has 0 saturated carbocycles. The molecule has 3 rings (SSSR count). The van der Waals surface area contributed by atoms with E-state index in [2.05, 4.69) is 9.71 Å². The van der Waals surface area contributed by atoms with Gasteiger partial charge in [-0.15, -0.1) is 0 Å². The summed E-state index contributed by atoms with van der Waals surface area (Å²) in [4.78, 5) is 4.58. The number of hydrogen-bond donors (Lipinski definition) is 1. The molecule has 1 heterocycles. The van der Waals surface area contributed by atoms with E-state index in [0.717, 1.165) is 16.5 Å². The van der Waals surface area contributed by atoms with Crippen LogP contribution in [0.3, 0.4) is 0 Å². The largest absolute Gasteiger partial charge is 0.496 e. The Morgan fingerprint density at radius 3 is 2.48 bits per heavy atom. The smallest absolute Gasteiger partial charge is 0.262 e. The lowest BCUT2D eigenvalue weighted by Crippen LogP contribution is -2.16. The van der Waals surface area contributed by atoms with Gasteiger partial charge in [-0.1, -0.05) is 18.2 Å². The Hall–Kier alpha value is -2.60. The Kier molecular flexibility index (Phi) is 4.39. The number of rotatable bonds is 4. The Morgan fingerprint density at radius 1 is 1.04 bits per heavy atom. The van der Waals surface area contributed by atoms with Gasteiger partial charge in [-0.2, -0.15) is 0 Å². The summed E-state index contributed by atoms with van der Waals surface area (Å²) in [6, 6.07) is 11.1. The van der Waals surface area contributed by atoms with Gasteiger partial charge in [0.2, 0.25) is 0 Å². The second-order valence-corrected chi connectivity index (χ2v) is 7.62. The molecule has 2 aromatic carbocycles. The zero-order valence-electron chi connectivity index (χ0n) is 14.6. The molecule has 0 aliphatic carbocycles. The zero-order valence-corrected chi connectivity index (χ0v) is 15.4. The molecule has 0 amide bonds. The number of nitrogens with one attached hydrogen (secondary N) is 1. The van der Waals surface area contributed by atoms with Crippen LogP contribution < -0.4 is 9.46 Å². The molecule has 6 heteroatoms. The number of aryl methyl sites for hydroxylation is 1. The van der Waals surface area contributed by atoms with Crippen LogP contribution in [-0.4, -0.2) is 20.5 Å². The van der Waals surface area contributed by atoms with Crippen molar-refractivity contribution in [3.8, 4) is 5.75 Å². The van der Waals surface area contributed by atoms with Crippen LogP contribution in [0.5, 0.6) is 5.75 Å². The number of anilines is 1. The summed E-state index contributed by atoms with van der Waals surface area (Å²) in [5, 5.41) is 0.877. The van der Waals surface area contributed by atoms with E-state index in [1.807, 2.05) is 31.2 Å². The lowest BCUT2D eigenvalue weighted by molar-refractivity contribution is 0.410. The van der Waals surface area contributed by atoms with Crippen molar-refractivity contribution < 1.29 is 13.2 Å². The standard InChI is InChI=1S/C19H20N2O3S/c1-12-9-18(24-4)13(2)14(3)19(12)25(22,23)21-16-10-15-7-5-6-8-17(15)20-11-16/h5-11,21H,1-4H3. The molecule has 1 aromatic heterocycles. The minimum Gasteiger partial charge on any atom is -0.496 e. The van der Waals surface area contributed by atoms with E-state index in [1.54, 1.807) is 33.1 Å². The van der Waals surface area contributed by atoms with Crippen molar-refractivity contribution in [2.24, 2.45) is 0 Å². The van der Waals surface area contributed by atoms with Gasteiger partial charge in [0.05, 0.1) is 29.4 Å². The first kappa shape index (κ1) is 17.2. The van der Waals surface area contributed by atoms with Gasteiger partial charge in [-0.25, -0.2) is 8.42 Å². The number of pyridine rings is 1. The third-order valence-electron chi connectivity index (χ3n) is 4.31. The molecule has 0 radical (unpaired) electrons. The first-order valence-corrected chi connectivity index (χ1v) is 9.34. The number of sulfonamides is 1. The molecule has 0 fully saturated rings. The maximum absolute atomic E-state index is 13.0. The molecule has 0 aliphatic rings. The Morgan fingerprint density at radius 2 is 1.76 bits per heavy atom. The molecule has 0 saturated heterocycles. The molecule has 0 spiro atoms. The number of fused-ring (bicyclic) bond motifs is 1. The van der Waals surface area contributed by atoms with Crippen molar-refractivity contribution in [2.45, 2.75) is 25.7 Å². The molecule has 130 valence electrons. The van der Waals surface area contributed by atoms with Gasteiger partial charge in [0, 0.05) is 5.39 Å². The minimum absolute atomic E-state index is 0.277. The molecule has 0 bridgehead atoms.